The lowest BCUT2D eigenvalue weighted by molar-refractivity contribution is 0.171. The molecule has 1 fully saturated rings. The highest BCUT2D eigenvalue weighted by atomic mass is 32.2. The first-order chi connectivity index (χ1) is 12.7. The summed E-state index contributed by atoms with van der Waals surface area (Å²) in [7, 11) is -3.71. The number of halogens is 1. The number of amides is 2. The van der Waals surface area contributed by atoms with Gasteiger partial charge in [-0.3, -0.25) is 5.32 Å². The second-order valence-corrected chi connectivity index (χ2v) is 10.5. The average molecular weight is 412 g/mol. The fraction of sp³-hybridized carbons (Fsp3) is 0.444. The minimum absolute atomic E-state index is 0.00329. The van der Waals surface area contributed by atoms with Crippen LogP contribution in [0, 0.1) is 11.7 Å². The van der Waals surface area contributed by atoms with E-state index in [-0.39, 0.29) is 16.8 Å². The van der Waals surface area contributed by atoms with Crippen LogP contribution in [0.5, 0.6) is 0 Å². The van der Waals surface area contributed by atoms with Gasteiger partial charge in [0, 0.05) is 24.7 Å². The van der Waals surface area contributed by atoms with Gasteiger partial charge in [-0.05, 0) is 50.8 Å². The number of hydrogen-bond donors (Lipinski definition) is 1. The van der Waals surface area contributed by atoms with Crippen LogP contribution in [0.4, 0.5) is 14.3 Å². The van der Waals surface area contributed by atoms with Crippen molar-refractivity contribution in [3.63, 3.8) is 0 Å². The molecule has 2 aromatic rings. The van der Waals surface area contributed by atoms with Gasteiger partial charge in [0.15, 0.2) is 15.0 Å². The number of nitrogens with zero attached hydrogens (tertiary/aromatic N) is 2. The van der Waals surface area contributed by atoms with E-state index >= 15 is 0 Å². The largest absolute Gasteiger partial charge is 0.324 e. The Morgan fingerprint density at radius 2 is 2.04 bits per heavy atom. The SMILES string of the molecule is CC(C)(C1CCN(C(=O)Nc2nccs2)CC1)S(=O)(=O)c1cccc(F)c1. The van der Waals surface area contributed by atoms with Gasteiger partial charge in [0.1, 0.15) is 5.82 Å². The van der Waals surface area contributed by atoms with Crippen molar-refractivity contribution in [2.45, 2.75) is 36.3 Å². The van der Waals surface area contributed by atoms with Crippen molar-refractivity contribution in [2.75, 3.05) is 18.4 Å². The van der Waals surface area contributed by atoms with E-state index in [0.29, 0.717) is 31.1 Å². The molecule has 146 valence electrons. The predicted octanol–water partition coefficient (Wildman–Crippen LogP) is 3.78. The van der Waals surface area contributed by atoms with Crippen molar-refractivity contribution in [1.29, 1.82) is 0 Å². The lowest BCUT2D eigenvalue weighted by Crippen LogP contribution is -2.48. The molecular weight excluding hydrogens is 389 g/mol. The molecule has 0 spiro atoms. The van der Waals surface area contributed by atoms with E-state index in [1.165, 1.54) is 29.5 Å². The Morgan fingerprint density at radius 1 is 1.33 bits per heavy atom. The van der Waals surface area contributed by atoms with Crippen LogP contribution >= 0.6 is 11.3 Å². The quantitative estimate of drug-likeness (QED) is 0.830. The molecule has 1 saturated heterocycles. The van der Waals surface area contributed by atoms with E-state index in [1.807, 2.05) is 0 Å². The second-order valence-electron chi connectivity index (χ2n) is 7.09. The summed E-state index contributed by atoms with van der Waals surface area (Å²) in [5.74, 6) is -0.699. The molecule has 1 aliphatic rings. The molecule has 3 rings (SSSR count). The summed E-state index contributed by atoms with van der Waals surface area (Å²) in [5, 5.41) is 5.06. The van der Waals surface area contributed by atoms with Gasteiger partial charge in [0.2, 0.25) is 0 Å². The molecule has 2 heterocycles. The number of urea groups is 1. The molecule has 0 saturated carbocycles. The van der Waals surface area contributed by atoms with Crippen LogP contribution in [0.3, 0.4) is 0 Å². The summed E-state index contributed by atoms with van der Waals surface area (Å²) in [6.07, 6.45) is 2.74. The monoisotopic (exact) mass is 411 g/mol. The fourth-order valence-electron chi connectivity index (χ4n) is 3.39. The first kappa shape index (κ1) is 19.8. The number of benzene rings is 1. The number of rotatable bonds is 4. The van der Waals surface area contributed by atoms with Crippen LogP contribution in [-0.2, 0) is 9.84 Å². The van der Waals surface area contributed by atoms with Crippen molar-refractivity contribution in [3.8, 4) is 0 Å². The predicted molar refractivity (Wildman–Crippen MR) is 103 cm³/mol. The highest BCUT2D eigenvalue weighted by Gasteiger charge is 2.44. The topological polar surface area (TPSA) is 79.4 Å². The summed E-state index contributed by atoms with van der Waals surface area (Å²) in [4.78, 5) is 18.0. The number of likely N-dealkylation sites (tertiary alicyclic amines) is 1. The number of aromatic nitrogens is 1. The summed E-state index contributed by atoms with van der Waals surface area (Å²) in [6.45, 7) is 4.29. The maximum absolute atomic E-state index is 13.5. The Labute approximate surface area is 162 Å². The number of piperidine rings is 1. The summed E-state index contributed by atoms with van der Waals surface area (Å²) in [5.41, 5.74) is 0. The van der Waals surface area contributed by atoms with Crippen LogP contribution in [0.1, 0.15) is 26.7 Å². The molecule has 27 heavy (non-hydrogen) atoms. The van der Waals surface area contributed by atoms with Crippen LogP contribution in [0.2, 0.25) is 0 Å². The summed E-state index contributed by atoms with van der Waals surface area (Å²) in [6, 6.07) is 4.90. The van der Waals surface area contributed by atoms with Gasteiger partial charge in [-0.25, -0.2) is 22.6 Å². The number of carbonyl (C=O) groups is 1. The van der Waals surface area contributed by atoms with E-state index in [0.717, 1.165) is 6.07 Å². The second kappa shape index (κ2) is 7.55. The number of sulfone groups is 1. The highest BCUT2D eigenvalue weighted by Crippen LogP contribution is 2.38. The van der Waals surface area contributed by atoms with Crippen molar-refractivity contribution in [3.05, 3.63) is 41.7 Å². The van der Waals surface area contributed by atoms with Crippen molar-refractivity contribution in [1.82, 2.24) is 9.88 Å². The zero-order chi connectivity index (χ0) is 19.7. The van der Waals surface area contributed by atoms with Gasteiger partial charge >= 0.3 is 6.03 Å². The Balaban J connectivity index is 1.68. The maximum Gasteiger partial charge on any atom is 0.323 e. The lowest BCUT2D eigenvalue weighted by atomic mass is 9.86. The molecule has 0 atom stereocenters. The van der Waals surface area contributed by atoms with Gasteiger partial charge < -0.3 is 4.90 Å². The van der Waals surface area contributed by atoms with Crippen molar-refractivity contribution < 1.29 is 17.6 Å². The molecule has 9 heteroatoms. The average Bonchev–Trinajstić information content (AvgIpc) is 3.14. The smallest absolute Gasteiger partial charge is 0.323 e. The van der Waals surface area contributed by atoms with Crippen LogP contribution in [-0.4, -0.2) is 42.2 Å². The Bertz CT molecular complexity index is 906. The number of nitrogens with one attached hydrogen (secondary N) is 1. The van der Waals surface area contributed by atoms with Gasteiger partial charge in [-0.1, -0.05) is 6.07 Å². The molecule has 1 aliphatic heterocycles. The molecular formula is C18H22FN3O3S2. The van der Waals surface area contributed by atoms with Crippen molar-refractivity contribution >= 4 is 32.3 Å². The van der Waals surface area contributed by atoms with E-state index in [1.54, 1.807) is 30.3 Å². The molecule has 0 unspecified atom stereocenters. The minimum atomic E-state index is -3.71. The third-order valence-corrected chi connectivity index (χ3v) is 8.49. The first-order valence-corrected chi connectivity index (χ1v) is 11.0. The zero-order valence-electron chi connectivity index (χ0n) is 15.2. The standard InChI is InChI=1S/C18H22FN3O3S2/c1-18(2,27(24,25)15-5-3-4-14(19)12-15)13-6-9-22(10-7-13)17(23)21-16-20-8-11-26-16/h3-5,8,11-13H,6-7,9-10H2,1-2H3,(H,20,21,23). The number of anilines is 1. The molecule has 2 amide bonds. The highest BCUT2D eigenvalue weighted by molar-refractivity contribution is 7.92. The molecule has 0 bridgehead atoms. The molecule has 1 aromatic carbocycles. The van der Waals surface area contributed by atoms with Gasteiger partial charge in [-0.2, -0.15) is 0 Å². The molecule has 6 nitrogen and oxygen atoms in total. The van der Waals surface area contributed by atoms with Gasteiger partial charge in [0.05, 0.1) is 9.64 Å². The van der Waals surface area contributed by atoms with Crippen LogP contribution in [0.15, 0.2) is 40.7 Å². The molecule has 0 radical (unpaired) electrons. The first-order valence-electron chi connectivity index (χ1n) is 8.67. The molecule has 0 aliphatic carbocycles. The van der Waals surface area contributed by atoms with Crippen LogP contribution < -0.4 is 5.32 Å². The van der Waals surface area contributed by atoms with Gasteiger partial charge in [0.25, 0.3) is 0 Å². The minimum Gasteiger partial charge on any atom is -0.324 e. The normalized spacial score (nSPS) is 16.3. The summed E-state index contributed by atoms with van der Waals surface area (Å²) < 4.78 is 38.6. The van der Waals surface area contributed by atoms with Crippen molar-refractivity contribution in [2.24, 2.45) is 5.92 Å². The van der Waals surface area contributed by atoms with E-state index in [4.69, 9.17) is 0 Å². The maximum atomic E-state index is 13.5. The molecule has 1 aromatic heterocycles. The zero-order valence-corrected chi connectivity index (χ0v) is 16.8. The third kappa shape index (κ3) is 3.98. The van der Waals surface area contributed by atoms with E-state index < -0.39 is 20.4 Å². The van der Waals surface area contributed by atoms with Gasteiger partial charge in [-0.15, -0.1) is 11.3 Å². The number of thiazole rings is 1. The lowest BCUT2D eigenvalue weighted by Gasteiger charge is -2.40. The number of carbonyl (C=O) groups excluding carboxylic acids is 1. The summed E-state index contributed by atoms with van der Waals surface area (Å²) >= 11 is 1.34. The Kier molecular flexibility index (Phi) is 5.53. The third-order valence-electron chi connectivity index (χ3n) is 5.21. The molecule has 1 N–H and O–H groups in total. The van der Waals surface area contributed by atoms with E-state index in [2.05, 4.69) is 10.3 Å². The Hall–Kier alpha value is -2.00. The van der Waals surface area contributed by atoms with Crippen LogP contribution in [0.25, 0.3) is 0 Å². The van der Waals surface area contributed by atoms with E-state index in [9.17, 15) is 17.6 Å². The number of hydrogen-bond acceptors (Lipinski definition) is 5. The fourth-order valence-corrected chi connectivity index (χ4v) is 5.72. The Morgan fingerprint density at radius 3 is 2.63 bits per heavy atom.